The van der Waals surface area contributed by atoms with Crippen LogP contribution in [0.25, 0.3) is 11.3 Å². The predicted octanol–water partition coefficient (Wildman–Crippen LogP) is 3.35. The number of aromatic nitrogens is 2. The molecule has 0 saturated carbocycles. The molecule has 3 rings (SSSR count). The van der Waals surface area contributed by atoms with Crippen molar-refractivity contribution in [2.75, 3.05) is 4.90 Å². The number of amides is 1. The molecule has 5 heteroatoms. The molecule has 3 aromatic rings. The van der Waals surface area contributed by atoms with Crippen LogP contribution in [0.3, 0.4) is 0 Å². The lowest BCUT2D eigenvalue weighted by atomic mass is 10.1. The van der Waals surface area contributed by atoms with Gasteiger partial charge in [-0.15, -0.1) is 0 Å². The van der Waals surface area contributed by atoms with E-state index >= 15 is 0 Å². The van der Waals surface area contributed by atoms with Gasteiger partial charge in [0.25, 0.3) is 5.56 Å². The summed E-state index contributed by atoms with van der Waals surface area (Å²) in [6, 6.07) is 22.1. The largest absolute Gasteiger partial charge is 0.308 e. The second kappa shape index (κ2) is 7.78. The number of carbonyl (C=O) groups is 1. The molecule has 0 fully saturated rings. The first-order valence-corrected chi connectivity index (χ1v) is 8.57. The first-order valence-electron chi connectivity index (χ1n) is 8.57. The highest BCUT2D eigenvalue weighted by molar-refractivity contribution is 5.93. The van der Waals surface area contributed by atoms with Crippen molar-refractivity contribution in [3.63, 3.8) is 0 Å². The van der Waals surface area contributed by atoms with Gasteiger partial charge in [-0.05, 0) is 32.0 Å². The molecule has 1 aromatic heterocycles. The van der Waals surface area contributed by atoms with Gasteiger partial charge in [0.05, 0.1) is 5.69 Å². The number of nitrogens with zero attached hydrogens (tertiary/aromatic N) is 3. The van der Waals surface area contributed by atoms with E-state index in [0.717, 1.165) is 11.3 Å². The number of benzene rings is 2. The second-order valence-corrected chi connectivity index (χ2v) is 6.27. The monoisotopic (exact) mass is 347 g/mol. The summed E-state index contributed by atoms with van der Waals surface area (Å²) in [5, 5.41) is 4.37. The van der Waals surface area contributed by atoms with E-state index in [2.05, 4.69) is 5.10 Å². The summed E-state index contributed by atoms with van der Waals surface area (Å²) >= 11 is 0. The average molecular weight is 347 g/mol. The quantitative estimate of drug-likeness (QED) is 0.711. The highest BCUT2D eigenvalue weighted by Gasteiger charge is 2.20. The number of para-hydroxylation sites is 1. The van der Waals surface area contributed by atoms with Gasteiger partial charge in [0, 0.05) is 23.4 Å². The molecule has 132 valence electrons. The Hall–Kier alpha value is -3.21. The molecule has 0 aliphatic heterocycles. The third kappa shape index (κ3) is 3.88. The van der Waals surface area contributed by atoms with Crippen LogP contribution in [0.1, 0.15) is 13.8 Å². The van der Waals surface area contributed by atoms with Gasteiger partial charge in [0.15, 0.2) is 0 Å². The summed E-state index contributed by atoms with van der Waals surface area (Å²) in [5.74, 6) is -0.175. The van der Waals surface area contributed by atoms with E-state index in [-0.39, 0.29) is 24.1 Å². The summed E-state index contributed by atoms with van der Waals surface area (Å²) in [6.07, 6.45) is 0. The van der Waals surface area contributed by atoms with Gasteiger partial charge in [-0.25, -0.2) is 4.68 Å². The summed E-state index contributed by atoms with van der Waals surface area (Å²) in [6.45, 7) is 3.79. The summed E-state index contributed by atoms with van der Waals surface area (Å²) in [7, 11) is 0. The predicted molar refractivity (Wildman–Crippen MR) is 103 cm³/mol. The van der Waals surface area contributed by atoms with Gasteiger partial charge in [0.2, 0.25) is 5.91 Å². The van der Waals surface area contributed by atoms with E-state index in [1.54, 1.807) is 11.0 Å². The Morgan fingerprint density at radius 3 is 2.19 bits per heavy atom. The van der Waals surface area contributed by atoms with Crippen molar-refractivity contribution in [2.45, 2.75) is 26.4 Å². The lowest BCUT2D eigenvalue weighted by molar-refractivity contribution is -0.119. The minimum Gasteiger partial charge on any atom is -0.308 e. The van der Waals surface area contributed by atoms with E-state index in [1.165, 1.54) is 10.7 Å². The Morgan fingerprint density at radius 2 is 1.58 bits per heavy atom. The van der Waals surface area contributed by atoms with Crippen LogP contribution in [0.2, 0.25) is 0 Å². The molecule has 0 aliphatic carbocycles. The lowest BCUT2D eigenvalue weighted by Crippen LogP contribution is -2.41. The molecule has 0 saturated heterocycles. The summed E-state index contributed by atoms with van der Waals surface area (Å²) in [5.41, 5.74) is 2.07. The first-order chi connectivity index (χ1) is 12.6. The van der Waals surface area contributed by atoms with Crippen molar-refractivity contribution >= 4 is 11.6 Å². The number of anilines is 1. The molecule has 0 radical (unpaired) electrons. The lowest BCUT2D eigenvalue weighted by Gasteiger charge is -2.27. The fourth-order valence-corrected chi connectivity index (χ4v) is 2.85. The first kappa shape index (κ1) is 17.6. The molecule has 0 N–H and O–H groups in total. The van der Waals surface area contributed by atoms with Crippen LogP contribution in [0.4, 0.5) is 5.69 Å². The smallest absolute Gasteiger partial charge is 0.267 e. The highest BCUT2D eigenvalue weighted by Crippen LogP contribution is 2.17. The molecule has 0 spiro atoms. The van der Waals surface area contributed by atoms with Crippen molar-refractivity contribution in [2.24, 2.45) is 0 Å². The normalized spacial score (nSPS) is 10.7. The minimum absolute atomic E-state index is 0.0297. The van der Waals surface area contributed by atoms with Crippen molar-refractivity contribution in [1.82, 2.24) is 9.78 Å². The highest BCUT2D eigenvalue weighted by atomic mass is 16.2. The molecule has 1 heterocycles. The van der Waals surface area contributed by atoms with Crippen LogP contribution in [-0.4, -0.2) is 21.7 Å². The van der Waals surface area contributed by atoms with E-state index in [0.29, 0.717) is 5.69 Å². The molecule has 0 bridgehead atoms. The third-order valence-electron chi connectivity index (χ3n) is 4.04. The van der Waals surface area contributed by atoms with Gasteiger partial charge < -0.3 is 4.90 Å². The van der Waals surface area contributed by atoms with Crippen LogP contribution in [-0.2, 0) is 11.3 Å². The SMILES string of the molecule is CC(C)N(C(=O)Cn1nc(-c2ccccc2)ccc1=O)c1ccccc1. The fraction of sp³-hybridized carbons (Fsp3) is 0.190. The van der Waals surface area contributed by atoms with E-state index < -0.39 is 0 Å². The molecule has 0 atom stereocenters. The molecule has 26 heavy (non-hydrogen) atoms. The van der Waals surface area contributed by atoms with Crippen LogP contribution < -0.4 is 10.5 Å². The van der Waals surface area contributed by atoms with Crippen LogP contribution >= 0.6 is 0 Å². The van der Waals surface area contributed by atoms with Crippen LogP contribution in [0.5, 0.6) is 0 Å². The van der Waals surface area contributed by atoms with E-state index in [1.807, 2.05) is 74.5 Å². The average Bonchev–Trinajstić information content (AvgIpc) is 2.65. The molecule has 2 aromatic carbocycles. The summed E-state index contributed by atoms with van der Waals surface area (Å²) in [4.78, 5) is 26.8. The van der Waals surface area contributed by atoms with Gasteiger partial charge in [-0.3, -0.25) is 9.59 Å². The maximum Gasteiger partial charge on any atom is 0.267 e. The molecule has 5 nitrogen and oxygen atoms in total. The van der Waals surface area contributed by atoms with Crippen molar-refractivity contribution in [1.29, 1.82) is 0 Å². The zero-order valence-electron chi connectivity index (χ0n) is 14.9. The molecular weight excluding hydrogens is 326 g/mol. The fourth-order valence-electron chi connectivity index (χ4n) is 2.85. The standard InChI is InChI=1S/C21H21N3O2/c1-16(2)24(18-11-7-4-8-12-18)21(26)15-23-20(25)14-13-19(22-23)17-9-5-3-6-10-17/h3-14,16H,15H2,1-2H3. The van der Waals surface area contributed by atoms with Crippen LogP contribution in [0.15, 0.2) is 77.6 Å². The van der Waals surface area contributed by atoms with Crippen LogP contribution in [0, 0.1) is 0 Å². The van der Waals surface area contributed by atoms with Gasteiger partial charge in [-0.2, -0.15) is 5.10 Å². The van der Waals surface area contributed by atoms with Crippen molar-refractivity contribution in [3.8, 4) is 11.3 Å². The van der Waals surface area contributed by atoms with E-state index in [9.17, 15) is 9.59 Å². The zero-order chi connectivity index (χ0) is 18.5. The number of hydrogen-bond acceptors (Lipinski definition) is 3. The zero-order valence-corrected chi connectivity index (χ0v) is 14.9. The van der Waals surface area contributed by atoms with Gasteiger partial charge >= 0.3 is 0 Å². The minimum atomic E-state index is -0.296. The van der Waals surface area contributed by atoms with Gasteiger partial charge in [-0.1, -0.05) is 48.5 Å². The maximum absolute atomic E-state index is 12.9. The number of rotatable bonds is 5. The Balaban J connectivity index is 1.90. The van der Waals surface area contributed by atoms with Crippen molar-refractivity contribution in [3.05, 3.63) is 83.2 Å². The Morgan fingerprint density at radius 1 is 0.962 bits per heavy atom. The Bertz CT molecular complexity index is 934. The summed E-state index contributed by atoms with van der Waals surface area (Å²) < 4.78 is 1.23. The number of carbonyl (C=O) groups excluding carboxylic acids is 1. The van der Waals surface area contributed by atoms with Crippen molar-refractivity contribution < 1.29 is 4.79 Å². The molecule has 0 unspecified atom stereocenters. The molecule has 0 aliphatic rings. The van der Waals surface area contributed by atoms with E-state index in [4.69, 9.17) is 0 Å². The topological polar surface area (TPSA) is 55.2 Å². The molecule has 1 amide bonds. The third-order valence-corrected chi connectivity index (χ3v) is 4.04. The number of hydrogen-bond donors (Lipinski definition) is 0. The maximum atomic E-state index is 12.9. The second-order valence-electron chi connectivity index (χ2n) is 6.27. The Kier molecular flexibility index (Phi) is 5.27. The molecular formula is C21H21N3O2. The van der Waals surface area contributed by atoms with Gasteiger partial charge in [0.1, 0.15) is 6.54 Å². The Labute approximate surface area is 152 Å².